The molecule has 2 aromatic carbocycles. The topological polar surface area (TPSA) is 244 Å². The molecule has 50 heavy (non-hydrogen) atoms. The Bertz CT molecular complexity index is 1460. The Morgan fingerprint density at radius 1 is 0.900 bits per heavy atom. The molecule has 0 aromatic heterocycles. The van der Waals surface area contributed by atoms with Crippen LogP contribution >= 0.6 is 0 Å². The van der Waals surface area contributed by atoms with E-state index < -0.39 is 78.5 Å². The quantitative estimate of drug-likeness (QED) is 0.0920. The lowest BCUT2D eigenvalue weighted by molar-refractivity contribution is -0.333. The summed E-state index contributed by atoms with van der Waals surface area (Å²) >= 11 is 0. The predicted octanol–water partition coefficient (Wildman–Crippen LogP) is -0.441. The van der Waals surface area contributed by atoms with Crippen molar-refractivity contribution in [2.45, 2.75) is 74.9 Å². The number of ether oxygens (including phenoxy) is 2. The highest BCUT2D eigenvalue weighted by Crippen LogP contribution is 2.34. The van der Waals surface area contributed by atoms with E-state index in [4.69, 9.17) is 14.6 Å². The fourth-order valence-electron chi connectivity index (χ4n) is 5.58. The molecule has 0 saturated carbocycles. The number of hydrogen-bond acceptors (Lipinski definition) is 11. The number of rotatable bonds is 18. The van der Waals surface area contributed by atoms with E-state index in [1.165, 1.54) is 4.90 Å². The molecule has 0 spiro atoms. The van der Waals surface area contributed by atoms with Crippen molar-refractivity contribution < 1.29 is 59.0 Å². The largest absolute Gasteiger partial charge is 0.481 e. The second-order valence-corrected chi connectivity index (χ2v) is 12.3. The highest BCUT2D eigenvalue weighted by molar-refractivity contribution is 5.94. The molecule has 0 radical (unpaired) electrons. The minimum atomic E-state index is -2.91. The van der Waals surface area contributed by atoms with Crippen LogP contribution in [0.5, 0.6) is 0 Å². The van der Waals surface area contributed by atoms with Crippen LogP contribution in [0.15, 0.2) is 54.6 Å². The van der Waals surface area contributed by atoms with Crippen molar-refractivity contribution in [2.75, 3.05) is 33.8 Å². The van der Waals surface area contributed by atoms with Crippen LogP contribution in [0.1, 0.15) is 43.0 Å². The number of unbranched alkanes of at least 4 members (excludes halogenated alkanes) is 2. The molecule has 16 nitrogen and oxygen atoms in total. The zero-order valence-electron chi connectivity index (χ0n) is 28.2. The fourth-order valence-corrected chi connectivity index (χ4v) is 5.58. The molecule has 2 aromatic rings. The number of aliphatic hydroxyl groups is 3. The van der Waals surface area contributed by atoms with E-state index >= 15 is 0 Å². The zero-order chi connectivity index (χ0) is 37.0. The van der Waals surface area contributed by atoms with Crippen LogP contribution in [0.3, 0.4) is 0 Å². The lowest BCUT2D eigenvalue weighted by atomic mass is 9.84. The first-order chi connectivity index (χ1) is 23.7. The van der Waals surface area contributed by atoms with Gasteiger partial charge in [-0.3, -0.25) is 19.2 Å². The van der Waals surface area contributed by atoms with E-state index in [-0.39, 0.29) is 38.0 Å². The van der Waals surface area contributed by atoms with Gasteiger partial charge in [-0.05, 0) is 50.2 Å². The third-order valence-corrected chi connectivity index (χ3v) is 8.05. The molecule has 7 atom stereocenters. The van der Waals surface area contributed by atoms with Crippen LogP contribution in [-0.4, -0.2) is 136 Å². The molecule has 1 heterocycles. The molecule has 0 bridgehead atoms. The van der Waals surface area contributed by atoms with Crippen LogP contribution in [0.2, 0.25) is 0 Å². The maximum Gasteiger partial charge on any atom is 0.367 e. The molecular weight excluding hydrogens is 656 g/mol. The lowest BCUT2D eigenvalue weighted by Crippen LogP contribution is -2.77. The number of nitrogens with zero attached hydrogens (tertiary/aromatic N) is 1. The van der Waals surface area contributed by atoms with Crippen LogP contribution in [-0.2, 0) is 28.7 Å². The molecule has 8 N–H and O–H groups in total. The number of likely N-dealkylation sites (N-methyl/N-ethyl adjacent to an activating group) is 1. The van der Waals surface area contributed by atoms with Gasteiger partial charge >= 0.3 is 11.9 Å². The summed E-state index contributed by atoms with van der Waals surface area (Å²) in [7, 11) is 3.18. The summed E-state index contributed by atoms with van der Waals surface area (Å²) in [5.74, 6) is -7.71. The molecule has 1 fully saturated rings. The normalized spacial score (nSPS) is 23.0. The van der Waals surface area contributed by atoms with Gasteiger partial charge in [0.2, 0.25) is 11.8 Å². The van der Waals surface area contributed by atoms with Gasteiger partial charge in [0.05, 0.1) is 31.3 Å². The van der Waals surface area contributed by atoms with Crippen molar-refractivity contribution in [3.63, 3.8) is 0 Å². The highest BCUT2D eigenvalue weighted by Gasteiger charge is 2.62. The van der Waals surface area contributed by atoms with E-state index in [0.29, 0.717) is 6.42 Å². The number of hydrogen-bond donors (Lipinski definition) is 8. The van der Waals surface area contributed by atoms with E-state index in [0.717, 1.165) is 18.1 Å². The maximum atomic E-state index is 12.9. The van der Waals surface area contributed by atoms with Gasteiger partial charge in [-0.25, -0.2) is 4.79 Å². The number of aliphatic hydroxyl groups excluding tert-OH is 3. The summed E-state index contributed by atoms with van der Waals surface area (Å²) in [6.45, 7) is 0.0327. The lowest BCUT2D eigenvalue weighted by Gasteiger charge is -2.50. The Morgan fingerprint density at radius 2 is 1.54 bits per heavy atom. The molecule has 274 valence electrons. The first-order valence-corrected chi connectivity index (χ1v) is 16.1. The van der Waals surface area contributed by atoms with Crippen LogP contribution in [0.4, 0.5) is 0 Å². The molecule has 1 saturated heterocycles. The SMILES string of the molecule is CC(=O)N[C@@H]1[C@@H](NC(=O)CN(C)C)[C@H](O)[C@](OCCCCCC(=O)O)(C(=O)O)O[C@H]1[C@H](O)[C@H](O)CNC(=O)c1ccc(-c2ccccc2)cc1. The number of carbonyl (C=O) groups is 5. The van der Waals surface area contributed by atoms with Gasteiger partial charge < -0.3 is 55.9 Å². The van der Waals surface area contributed by atoms with Gasteiger partial charge in [0, 0.05) is 25.5 Å². The molecule has 16 heteroatoms. The van der Waals surface area contributed by atoms with Crippen LogP contribution in [0, 0.1) is 0 Å². The molecule has 3 amide bonds. The van der Waals surface area contributed by atoms with Crippen molar-refractivity contribution in [1.82, 2.24) is 20.9 Å². The molecule has 0 aliphatic carbocycles. The number of carbonyl (C=O) groups excluding carboxylic acids is 3. The summed E-state index contributed by atoms with van der Waals surface area (Å²) in [5.41, 5.74) is 2.07. The Balaban J connectivity index is 1.85. The summed E-state index contributed by atoms with van der Waals surface area (Å²) in [6.07, 6.45) is -7.14. The minimum absolute atomic E-state index is 0.122. The minimum Gasteiger partial charge on any atom is -0.481 e. The number of benzene rings is 2. The van der Waals surface area contributed by atoms with Gasteiger partial charge in [-0.15, -0.1) is 0 Å². The first-order valence-electron chi connectivity index (χ1n) is 16.1. The average Bonchev–Trinajstić information content (AvgIpc) is 3.07. The number of amides is 3. The highest BCUT2D eigenvalue weighted by atomic mass is 16.7. The Morgan fingerprint density at radius 3 is 2.12 bits per heavy atom. The second kappa shape index (κ2) is 18.5. The number of carboxylic acids is 2. The van der Waals surface area contributed by atoms with Gasteiger partial charge in [-0.2, -0.15) is 0 Å². The molecule has 1 aliphatic rings. The Labute approximate surface area is 289 Å². The number of aliphatic carboxylic acids is 2. The second-order valence-electron chi connectivity index (χ2n) is 12.3. The summed E-state index contributed by atoms with van der Waals surface area (Å²) < 4.78 is 11.4. The monoisotopic (exact) mass is 702 g/mol. The summed E-state index contributed by atoms with van der Waals surface area (Å²) in [4.78, 5) is 63.2. The van der Waals surface area contributed by atoms with Crippen molar-refractivity contribution in [1.29, 1.82) is 0 Å². The van der Waals surface area contributed by atoms with Crippen LogP contribution in [0.25, 0.3) is 11.1 Å². The van der Waals surface area contributed by atoms with E-state index in [2.05, 4.69) is 16.0 Å². The third-order valence-electron chi connectivity index (χ3n) is 8.05. The van der Waals surface area contributed by atoms with E-state index in [1.807, 2.05) is 30.3 Å². The standard InChI is InChI=1S/C34H46N4O12/c1-20(39)36-27-28(37-25(41)19-38(2)3)31(45)34(33(47)48,49-17-9-5-8-12-26(42)43)50-30(27)29(44)24(40)18-35-32(46)23-15-13-22(14-16-23)21-10-6-4-7-11-21/h4,6-7,10-11,13-16,24,27-31,40,44-45H,5,8-9,12,17-19H2,1-3H3,(H,35,46)(H,36,39)(H,37,41)(H,42,43)(H,47,48)/t24-,27-,28-,29-,30-,31+,34-/m1/s1. The van der Waals surface area contributed by atoms with Gasteiger partial charge in [0.1, 0.15) is 18.3 Å². The molecule has 0 unspecified atom stereocenters. The van der Waals surface area contributed by atoms with Crippen LogP contribution < -0.4 is 16.0 Å². The van der Waals surface area contributed by atoms with E-state index in [1.54, 1.807) is 38.4 Å². The van der Waals surface area contributed by atoms with Crippen molar-refractivity contribution in [3.05, 3.63) is 60.2 Å². The third kappa shape index (κ3) is 10.8. The number of carboxylic acid groups (broad SMARTS) is 2. The summed E-state index contributed by atoms with van der Waals surface area (Å²) in [6, 6.07) is 13.0. The van der Waals surface area contributed by atoms with E-state index in [9.17, 15) is 44.4 Å². The molecule has 3 rings (SSSR count). The van der Waals surface area contributed by atoms with Gasteiger partial charge in [0.25, 0.3) is 11.7 Å². The average molecular weight is 703 g/mol. The van der Waals surface area contributed by atoms with Crippen molar-refractivity contribution in [2.24, 2.45) is 0 Å². The van der Waals surface area contributed by atoms with Gasteiger partial charge in [0.15, 0.2) is 0 Å². The molecule has 1 aliphatic heterocycles. The fraction of sp³-hybridized carbons (Fsp3) is 0.500. The summed E-state index contributed by atoms with van der Waals surface area (Å²) in [5, 5.41) is 60.5. The maximum absolute atomic E-state index is 12.9. The van der Waals surface area contributed by atoms with Gasteiger partial charge in [-0.1, -0.05) is 48.9 Å². The molecular formula is C34H46N4O12. The van der Waals surface area contributed by atoms with Crippen molar-refractivity contribution in [3.8, 4) is 11.1 Å². The van der Waals surface area contributed by atoms with Crippen molar-refractivity contribution >= 4 is 29.7 Å². The smallest absolute Gasteiger partial charge is 0.367 e. The zero-order valence-corrected chi connectivity index (χ0v) is 28.2. The predicted molar refractivity (Wildman–Crippen MR) is 178 cm³/mol. The number of nitrogens with one attached hydrogen (secondary N) is 3. The Hall–Kier alpha value is -4.45. The Kier molecular flexibility index (Phi) is 14.8. The first kappa shape index (κ1) is 40.0.